The highest BCUT2D eigenvalue weighted by Crippen LogP contribution is 2.18. The summed E-state index contributed by atoms with van der Waals surface area (Å²) in [6.07, 6.45) is 13.8. The lowest BCUT2D eigenvalue weighted by molar-refractivity contribution is -0.111. The summed E-state index contributed by atoms with van der Waals surface area (Å²) >= 11 is 0. The van der Waals surface area contributed by atoms with Crippen molar-refractivity contribution in [3.05, 3.63) is 11.6 Å². The van der Waals surface area contributed by atoms with Gasteiger partial charge < -0.3 is 4.79 Å². The summed E-state index contributed by atoms with van der Waals surface area (Å²) in [5.41, 5.74) is 0.882. The van der Waals surface area contributed by atoms with Gasteiger partial charge in [-0.25, -0.2) is 0 Å². The fraction of sp³-hybridized carbons (Fsp3) is 0.714. The average Bonchev–Trinajstić information content (AvgIpc) is 2.30. The van der Waals surface area contributed by atoms with Crippen LogP contribution in [0.5, 0.6) is 0 Å². The Bertz CT molecular complexity index is 243. The first kappa shape index (κ1) is 13.1. The van der Waals surface area contributed by atoms with Gasteiger partial charge in [0, 0.05) is 5.92 Å². The fourth-order valence-electron chi connectivity index (χ4n) is 2.20. The lowest BCUT2D eigenvalue weighted by atomic mass is 9.95. The highest BCUT2D eigenvalue weighted by Gasteiger charge is 2.07. The van der Waals surface area contributed by atoms with Crippen LogP contribution in [0.2, 0.25) is 0 Å². The van der Waals surface area contributed by atoms with Crippen LogP contribution in [0.4, 0.5) is 0 Å². The zero-order chi connectivity index (χ0) is 11.6. The summed E-state index contributed by atoms with van der Waals surface area (Å²) in [4.78, 5) is 21.7. The first-order valence-electron chi connectivity index (χ1n) is 6.46. The molecule has 0 saturated carbocycles. The minimum Gasteiger partial charge on any atom is -0.303 e. The summed E-state index contributed by atoms with van der Waals surface area (Å²) in [6, 6.07) is 0. The molecule has 0 bridgehead atoms. The molecule has 0 aromatic heterocycles. The van der Waals surface area contributed by atoms with Gasteiger partial charge >= 0.3 is 0 Å². The molecular formula is C14H22O2. The molecule has 0 aromatic rings. The van der Waals surface area contributed by atoms with E-state index in [1.54, 1.807) is 0 Å². The van der Waals surface area contributed by atoms with E-state index in [0.29, 0.717) is 0 Å². The highest BCUT2D eigenvalue weighted by atomic mass is 16.1. The predicted octanol–water partition coefficient (Wildman–Crippen LogP) is 3.45. The summed E-state index contributed by atoms with van der Waals surface area (Å²) in [5.74, 6) is 0.120. The third-order valence-electron chi connectivity index (χ3n) is 3.32. The Balaban J connectivity index is 2.53. The first-order valence-corrected chi connectivity index (χ1v) is 6.46. The molecule has 1 atom stereocenters. The van der Waals surface area contributed by atoms with Crippen molar-refractivity contribution in [3.8, 4) is 0 Å². The maximum atomic E-state index is 10.9. The predicted molar refractivity (Wildman–Crippen MR) is 65.3 cm³/mol. The Hall–Kier alpha value is -0.920. The Labute approximate surface area is 98.1 Å². The third kappa shape index (κ3) is 5.24. The van der Waals surface area contributed by atoms with Crippen LogP contribution in [-0.4, -0.2) is 12.6 Å². The van der Waals surface area contributed by atoms with Crippen molar-refractivity contribution in [2.24, 2.45) is 5.92 Å². The monoisotopic (exact) mass is 222 g/mol. The van der Waals surface area contributed by atoms with Crippen LogP contribution in [0.25, 0.3) is 0 Å². The van der Waals surface area contributed by atoms with Crippen molar-refractivity contribution < 1.29 is 9.59 Å². The van der Waals surface area contributed by atoms with Gasteiger partial charge in [0.2, 0.25) is 0 Å². The van der Waals surface area contributed by atoms with Crippen LogP contribution in [0, 0.1) is 5.92 Å². The molecule has 0 N–H and O–H groups in total. The van der Waals surface area contributed by atoms with E-state index in [0.717, 1.165) is 50.2 Å². The molecule has 90 valence electrons. The molecule has 16 heavy (non-hydrogen) atoms. The van der Waals surface area contributed by atoms with Gasteiger partial charge in [-0.1, -0.05) is 38.2 Å². The van der Waals surface area contributed by atoms with E-state index < -0.39 is 0 Å². The number of aldehydes is 2. The maximum Gasteiger partial charge on any atom is 0.145 e. The Morgan fingerprint density at radius 3 is 2.38 bits per heavy atom. The molecule has 0 spiro atoms. The lowest BCUT2D eigenvalue weighted by Crippen LogP contribution is -2.02. The van der Waals surface area contributed by atoms with Crippen LogP contribution in [0.15, 0.2) is 11.6 Å². The number of carbonyl (C=O) groups is 2. The zero-order valence-corrected chi connectivity index (χ0v) is 9.99. The van der Waals surface area contributed by atoms with Gasteiger partial charge in [-0.3, -0.25) is 4.79 Å². The molecule has 1 rings (SSSR count). The van der Waals surface area contributed by atoms with Crippen molar-refractivity contribution >= 4 is 12.6 Å². The SMILES string of the molecule is O=C/C1=C/CC(C=O)CCCCCCCC1. The molecule has 0 aromatic carbocycles. The summed E-state index contributed by atoms with van der Waals surface area (Å²) in [7, 11) is 0. The Morgan fingerprint density at radius 2 is 1.69 bits per heavy atom. The van der Waals surface area contributed by atoms with Crippen molar-refractivity contribution in [3.63, 3.8) is 0 Å². The van der Waals surface area contributed by atoms with Crippen LogP contribution in [0.1, 0.15) is 57.8 Å². The van der Waals surface area contributed by atoms with Crippen molar-refractivity contribution in [2.45, 2.75) is 57.8 Å². The van der Waals surface area contributed by atoms with Gasteiger partial charge in [-0.15, -0.1) is 0 Å². The van der Waals surface area contributed by atoms with Crippen LogP contribution < -0.4 is 0 Å². The van der Waals surface area contributed by atoms with Gasteiger partial charge in [0.1, 0.15) is 12.6 Å². The van der Waals surface area contributed by atoms with E-state index in [2.05, 4.69) is 0 Å². The molecule has 1 unspecified atom stereocenters. The van der Waals surface area contributed by atoms with E-state index in [1.807, 2.05) is 6.08 Å². The van der Waals surface area contributed by atoms with E-state index >= 15 is 0 Å². The minimum atomic E-state index is 0.120. The molecule has 2 heteroatoms. The quantitative estimate of drug-likeness (QED) is 0.671. The maximum absolute atomic E-state index is 10.9. The van der Waals surface area contributed by atoms with Gasteiger partial charge in [-0.05, 0) is 31.3 Å². The lowest BCUT2D eigenvalue weighted by Gasteiger charge is -2.10. The van der Waals surface area contributed by atoms with Crippen LogP contribution in [0.3, 0.4) is 0 Å². The summed E-state index contributed by atoms with van der Waals surface area (Å²) in [6.45, 7) is 0. The molecule has 0 aliphatic heterocycles. The second-order valence-electron chi connectivity index (χ2n) is 4.69. The van der Waals surface area contributed by atoms with Crippen molar-refractivity contribution in [1.82, 2.24) is 0 Å². The molecule has 0 radical (unpaired) electrons. The minimum absolute atomic E-state index is 0.120. The molecular weight excluding hydrogens is 200 g/mol. The van der Waals surface area contributed by atoms with Gasteiger partial charge in [-0.2, -0.15) is 0 Å². The van der Waals surface area contributed by atoms with Crippen molar-refractivity contribution in [2.75, 3.05) is 0 Å². The highest BCUT2D eigenvalue weighted by molar-refractivity contribution is 5.73. The molecule has 0 fully saturated rings. The summed E-state index contributed by atoms with van der Waals surface area (Å²) < 4.78 is 0. The molecule has 1 aliphatic rings. The first-order chi connectivity index (χ1) is 7.86. The Morgan fingerprint density at radius 1 is 1.00 bits per heavy atom. The van der Waals surface area contributed by atoms with Gasteiger partial charge in [0.15, 0.2) is 0 Å². The Kier molecular flexibility index (Phi) is 6.78. The molecule has 0 amide bonds. The molecule has 2 nitrogen and oxygen atoms in total. The van der Waals surface area contributed by atoms with E-state index in [4.69, 9.17) is 0 Å². The topological polar surface area (TPSA) is 34.1 Å². The second-order valence-corrected chi connectivity index (χ2v) is 4.69. The standard InChI is InChI=1S/C14H22O2/c15-11-13-7-5-3-1-2-4-6-8-14(12-16)10-9-13/h9,11-12,14H,1-8,10H2/b13-9+. The summed E-state index contributed by atoms with van der Waals surface area (Å²) in [5, 5.41) is 0. The largest absolute Gasteiger partial charge is 0.303 e. The normalized spacial score (nSPS) is 28.0. The average molecular weight is 222 g/mol. The molecule has 1 aliphatic carbocycles. The fourth-order valence-corrected chi connectivity index (χ4v) is 2.20. The number of carbonyl (C=O) groups excluding carboxylic acids is 2. The van der Waals surface area contributed by atoms with Crippen LogP contribution in [-0.2, 0) is 9.59 Å². The van der Waals surface area contributed by atoms with Crippen molar-refractivity contribution in [1.29, 1.82) is 0 Å². The van der Waals surface area contributed by atoms with E-state index in [9.17, 15) is 9.59 Å². The van der Waals surface area contributed by atoms with E-state index in [1.165, 1.54) is 25.7 Å². The van der Waals surface area contributed by atoms with E-state index in [-0.39, 0.29) is 5.92 Å². The second kappa shape index (κ2) is 8.26. The number of hydrogen-bond acceptors (Lipinski definition) is 2. The molecule has 0 heterocycles. The smallest absolute Gasteiger partial charge is 0.145 e. The third-order valence-corrected chi connectivity index (χ3v) is 3.32. The van der Waals surface area contributed by atoms with Crippen LogP contribution >= 0.6 is 0 Å². The number of rotatable bonds is 2. The van der Waals surface area contributed by atoms with Gasteiger partial charge in [0.25, 0.3) is 0 Å². The molecule has 0 saturated heterocycles. The zero-order valence-electron chi connectivity index (χ0n) is 9.99. The van der Waals surface area contributed by atoms with Gasteiger partial charge in [0.05, 0.1) is 0 Å². The number of hydrogen-bond donors (Lipinski definition) is 0. The number of allylic oxidation sites excluding steroid dienone is 2.